The van der Waals surface area contributed by atoms with Crippen molar-refractivity contribution in [2.24, 2.45) is 5.92 Å². The summed E-state index contributed by atoms with van der Waals surface area (Å²) in [5, 5.41) is 0. The topological polar surface area (TPSA) is 55.8 Å². The van der Waals surface area contributed by atoms with E-state index in [0.29, 0.717) is 18.9 Å². The van der Waals surface area contributed by atoms with E-state index in [1.54, 1.807) is 4.90 Å². The van der Waals surface area contributed by atoms with Crippen molar-refractivity contribution in [3.05, 3.63) is 0 Å². The van der Waals surface area contributed by atoms with Crippen LogP contribution in [0, 0.1) is 5.92 Å². The minimum Gasteiger partial charge on any atom is -0.467 e. The molecule has 2 saturated heterocycles. The molecule has 0 spiro atoms. The fourth-order valence-electron chi connectivity index (χ4n) is 2.36. The van der Waals surface area contributed by atoms with Gasteiger partial charge < -0.3 is 9.47 Å². The molecule has 0 bridgehead atoms. The van der Waals surface area contributed by atoms with E-state index in [2.05, 4.69) is 6.92 Å². The predicted molar refractivity (Wildman–Crippen MR) is 51.2 cm³/mol. The summed E-state index contributed by atoms with van der Waals surface area (Å²) >= 11 is 0. The Morgan fingerprint density at radius 3 is 2.93 bits per heavy atom. The molecule has 2 fully saturated rings. The minimum absolute atomic E-state index is 0.0374. The molecule has 0 aliphatic carbocycles. The van der Waals surface area contributed by atoms with Crippen molar-refractivity contribution in [3.8, 4) is 0 Å². The molecule has 2 aliphatic rings. The molecule has 5 nitrogen and oxygen atoms in total. The van der Waals surface area contributed by atoms with E-state index in [-0.39, 0.29) is 18.1 Å². The largest absolute Gasteiger partial charge is 0.467 e. The van der Waals surface area contributed by atoms with Crippen LogP contribution in [-0.2, 0) is 14.3 Å². The van der Waals surface area contributed by atoms with E-state index in [0.717, 1.165) is 6.42 Å². The Morgan fingerprint density at radius 1 is 1.53 bits per heavy atom. The van der Waals surface area contributed by atoms with E-state index in [1.165, 1.54) is 7.11 Å². The van der Waals surface area contributed by atoms with Crippen LogP contribution in [-0.4, -0.2) is 42.8 Å². The zero-order valence-electron chi connectivity index (χ0n) is 8.93. The molecular formula is C10H15NO4. The molecular weight excluding hydrogens is 198 g/mol. The maximum atomic E-state index is 11.5. The number of fused-ring (bicyclic) bond motifs is 1. The van der Waals surface area contributed by atoms with E-state index in [1.807, 2.05) is 0 Å². The highest BCUT2D eigenvalue weighted by atomic mass is 16.6. The van der Waals surface area contributed by atoms with Gasteiger partial charge in [-0.15, -0.1) is 0 Å². The lowest BCUT2D eigenvalue weighted by Crippen LogP contribution is -2.52. The van der Waals surface area contributed by atoms with Crippen molar-refractivity contribution < 1.29 is 19.1 Å². The molecule has 0 radical (unpaired) electrons. The third-order valence-corrected chi connectivity index (χ3v) is 3.31. The zero-order chi connectivity index (χ0) is 11.0. The Bertz CT molecular complexity index is 289. The molecule has 0 aromatic rings. The first-order valence-electron chi connectivity index (χ1n) is 5.18. The third kappa shape index (κ3) is 1.56. The Kier molecular flexibility index (Phi) is 2.54. The average molecular weight is 213 g/mol. The van der Waals surface area contributed by atoms with Crippen LogP contribution >= 0.6 is 0 Å². The van der Waals surface area contributed by atoms with Gasteiger partial charge in [-0.2, -0.15) is 0 Å². The fourth-order valence-corrected chi connectivity index (χ4v) is 2.36. The van der Waals surface area contributed by atoms with Gasteiger partial charge in [0, 0.05) is 0 Å². The molecule has 0 unspecified atom stereocenters. The number of carbonyl (C=O) groups excluding carboxylic acids is 2. The van der Waals surface area contributed by atoms with Gasteiger partial charge in [0.25, 0.3) is 0 Å². The van der Waals surface area contributed by atoms with Crippen LogP contribution in [0.25, 0.3) is 0 Å². The predicted octanol–water partition coefficient (Wildman–Crippen LogP) is 0.779. The molecule has 1 amide bonds. The highest BCUT2D eigenvalue weighted by Crippen LogP contribution is 2.32. The fraction of sp³-hybridized carbons (Fsp3) is 0.800. The number of amides is 1. The lowest BCUT2D eigenvalue weighted by molar-refractivity contribution is -0.148. The van der Waals surface area contributed by atoms with Gasteiger partial charge in [0.15, 0.2) is 0 Å². The Hall–Kier alpha value is -1.26. The molecule has 0 saturated carbocycles. The molecule has 0 N–H and O–H groups in total. The van der Waals surface area contributed by atoms with Crippen molar-refractivity contribution in [1.82, 2.24) is 4.90 Å². The highest BCUT2D eigenvalue weighted by Gasteiger charge is 2.47. The van der Waals surface area contributed by atoms with E-state index in [4.69, 9.17) is 9.47 Å². The van der Waals surface area contributed by atoms with Crippen molar-refractivity contribution in [1.29, 1.82) is 0 Å². The number of piperidine rings is 1. The summed E-state index contributed by atoms with van der Waals surface area (Å²) in [5.74, 6) is 0.0445. The van der Waals surface area contributed by atoms with Gasteiger partial charge in [-0.3, -0.25) is 4.90 Å². The van der Waals surface area contributed by atoms with Crippen molar-refractivity contribution in [2.45, 2.75) is 31.8 Å². The van der Waals surface area contributed by atoms with E-state index >= 15 is 0 Å². The quantitative estimate of drug-likeness (QED) is 0.604. The second kappa shape index (κ2) is 3.72. The summed E-state index contributed by atoms with van der Waals surface area (Å²) in [6.45, 7) is 2.47. The summed E-state index contributed by atoms with van der Waals surface area (Å²) in [5.41, 5.74) is 0. The number of hydrogen-bond acceptors (Lipinski definition) is 4. The molecule has 2 aliphatic heterocycles. The van der Waals surface area contributed by atoms with Gasteiger partial charge >= 0.3 is 12.1 Å². The third-order valence-electron chi connectivity index (χ3n) is 3.31. The first kappa shape index (κ1) is 10.3. The summed E-state index contributed by atoms with van der Waals surface area (Å²) < 4.78 is 9.67. The van der Waals surface area contributed by atoms with Gasteiger partial charge in [0.1, 0.15) is 12.6 Å². The zero-order valence-corrected chi connectivity index (χ0v) is 8.93. The highest BCUT2D eigenvalue weighted by molar-refractivity contribution is 5.82. The maximum absolute atomic E-state index is 11.5. The number of methoxy groups -OCH3 is 1. The molecule has 15 heavy (non-hydrogen) atoms. The number of ether oxygens (including phenoxy) is 2. The molecule has 84 valence electrons. The van der Waals surface area contributed by atoms with Crippen molar-refractivity contribution >= 4 is 12.1 Å². The number of hydrogen-bond donors (Lipinski definition) is 0. The first-order valence-corrected chi connectivity index (χ1v) is 5.18. The average Bonchev–Trinajstić information content (AvgIpc) is 2.62. The SMILES string of the molecule is COC(=O)[C@@H]1CC[C@@H](C)[C@@H]2COC(=O)N12. The maximum Gasteiger partial charge on any atom is 0.410 e. The Morgan fingerprint density at radius 2 is 2.27 bits per heavy atom. The summed E-state index contributed by atoms with van der Waals surface area (Å²) in [4.78, 5) is 24.5. The normalized spacial score (nSPS) is 34.7. The van der Waals surface area contributed by atoms with Gasteiger partial charge in [-0.05, 0) is 18.8 Å². The van der Waals surface area contributed by atoms with Gasteiger partial charge in [0.05, 0.1) is 13.2 Å². The molecule has 0 aromatic carbocycles. The van der Waals surface area contributed by atoms with Crippen LogP contribution in [0.15, 0.2) is 0 Å². The monoisotopic (exact) mass is 213 g/mol. The second-order valence-corrected chi connectivity index (χ2v) is 4.15. The molecule has 5 heteroatoms. The van der Waals surface area contributed by atoms with Gasteiger partial charge in [-0.25, -0.2) is 9.59 Å². The number of carbonyl (C=O) groups is 2. The summed E-state index contributed by atoms with van der Waals surface area (Å²) in [6, 6.07) is -0.415. The molecule has 3 atom stereocenters. The Labute approximate surface area is 88.3 Å². The smallest absolute Gasteiger partial charge is 0.410 e. The van der Waals surface area contributed by atoms with E-state index in [9.17, 15) is 9.59 Å². The Balaban J connectivity index is 2.20. The number of rotatable bonds is 1. The van der Waals surface area contributed by atoms with Crippen LogP contribution in [0.5, 0.6) is 0 Å². The second-order valence-electron chi connectivity index (χ2n) is 4.15. The molecule has 2 heterocycles. The van der Waals surface area contributed by atoms with Crippen molar-refractivity contribution in [3.63, 3.8) is 0 Å². The van der Waals surface area contributed by atoms with Crippen LogP contribution in [0.4, 0.5) is 4.79 Å². The van der Waals surface area contributed by atoms with Crippen LogP contribution in [0.3, 0.4) is 0 Å². The lowest BCUT2D eigenvalue weighted by atomic mass is 9.88. The molecule has 2 rings (SSSR count). The molecule has 0 aromatic heterocycles. The van der Waals surface area contributed by atoms with E-state index < -0.39 is 6.04 Å². The number of esters is 1. The summed E-state index contributed by atoms with van der Waals surface area (Å²) in [7, 11) is 1.34. The minimum atomic E-state index is -0.453. The standard InChI is InChI=1S/C10H15NO4/c1-6-3-4-7(9(12)14-2)11-8(6)5-15-10(11)13/h6-8H,3-5H2,1-2H3/t6-,7+,8+/m1/s1. The van der Waals surface area contributed by atoms with Gasteiger partial charge in [-0.1, -0.05) is 6.92 Å². The summed E-state index contributed by atoms with van der Waals surface area (Å²) in [6.07, 6.45) is 1.21. The van der Waals surface area contributed by atoms with Crippen LogP contribution in [0.2, 0.25) is 0 Å². The lowest BCUT2D eigenvalue weighted by Gasteiger charge is -2.37. The van der Waals surface area contributed by atoms with Crippen LogP contribution in [0.1, 0.15) is 19.8 Å². The first-order chi connectivity index (χ1) is 7.15. The van der Waals surface area contributed by atoms with Crippen molar-refractivity contribution in [2.75, 3.05) is 13.7 Å². The van der Waals surface area contributed by atoms with Gasteiger partial charge in [0.2, 0.25) is 0 Å². The number of cyclic esters (lactones) is 1. The number of nitrogens with zero attached hydrogens (tertiary/aromatic N) is 1. The van der Waals surface area contributed by atoms with Crippen LogP contribution < -0.4 is 0 Å².